The van der Waals surface area contributed by atoms with E-state index in [1.807, 2.05) is 19.9 Å². The number of benzene rings is 1. The maximum absolute atomic E-state index is 11.2. The lowest BCUT2D eigenvalue weighted by molar-refractivity contribution is -0.384. The summed E-state index contributed by atoms with van der Waals surface area (Å²) < 4.78 is 5.39. The van der Waals surface area contributed by atoms with Gasteiger partial charge in [-0.05, 0) is 24.1 Å². The molecule has 2 heterocycles. The van der Waals surface area contributed by atoms with Crippen molar-refractivity contribution in [1.29, 1.82) is 0 Å². The van der Waals surface area contributed by atoms with E-state index in [0.717, 1.165) is 5.56 Å². The molecule has 0 bridgehead atoms. The Kier molecular flexibility index (Phi) is 4.69. The summed E-state index contributed by atoms with van der Waals surface area (Å²) in [4.78, 5) is 19.2. The van der Waals surface area contributed by atoms with Crippen molar-refractivity contribution < 1.29 is 9.45 Å². The molecule has 0 saturated carbocycles. The SMILES string of the molecule is CC(C)C(Nc1ccccc1[N+](=O)[O-])c1nc(-c2cccnc2)no1. The third-order valence-electron chi connectivity index (χ3n) is 3.71. The molecule has 2 aromatic heterocycles. The number of para-hydroxylation sites is 2. The Morgan fingerprint density at radius 2 is 2.00 bits per heavy atom. The highest BCUT2D eigenvalue weighted by Crippen LogP contribution is 2.31. The van der Waals surface area contributed by atoms with Gasteiger partial charge in [-0.15, -0.1) is 0 Å². The Labute approximate surface area is 144 Å². The third-order valence-corrected chi connectivity index (χ3v) is 3.71. The van der Waals surface area contributed by atoms with Crippen molar-refractivity contribution in [2.24, 2.45) is 5.92 Å². The average Bonchev–Trinajstić information content (AvgIpc) is 3.10. The lowest BCUT2D eigenvalue weighted by Crippen LogP contribution is -2.18. The van der Waals surface area contributed by atoms with E-state index in [1.165, 1.54) is 6.07 Å². The predicted octanol–water partition coefficient (Wildman–Crippen LogP) is 3.85. The van der Waals surface area contributed by atoms with Gasteiger partial charge in [0.25, 0.3) is 5.69 Å². The molecule has 8 heteroatoms. The van der Waals surface area contributed by atoms with Crippen LogP contribution in [0.3, 0.4) is 0 Å². The number of rotatable bonds is 6. The first-order valence-corrected chi connectivity index (χ1v) is 7.80. The minimum atomic E-state index is -0.422. The highest BCUT2D eigenvalue weighted by molar-refractivity contribution is 5.62. The minimum Gasteiger partial charge on any atom is -0.368 e. The van der Waals surface area contributed by atoms with Crippen molar-refractivity contribution in [1.82, 2.24) is 15.1 Å². The van der Waals surface area contributed by atoms with Crippen LogP contribution in [-0.2, 0) is 0 Å². The number of hydrogen-bond acceptors (Lipinski definition) is 7. The zero-order chi connectivity index (χ0) is 17.8. The molecular formula is C17H17N5O3. The van der Waals surface area contributed by atoms with Crippen LogP contribution in [0.4, 0.5) is 11.4 Å². The van der Waals surface area contributed by atoms with Crippen LogP contribution in [-0.4, -0.2) is 20.0 Å². The number of anilines is 1. The Morgan fingerprint density at radius 3 is 2.68 bits per heavy atom. The average molecular weight is 339 g/mol. The fourth-order valence-electron chi connectivity index (χ4n) is 2.41. The smallest absolute Gasteiger partial charge is 0.292 e. The fraction of sp³-hybridized carbons (Fsp3) is 0.235. The molecule has 0 aliphatic carbocycles. The minimum absolute atomic E-state index is 0.000137. The summed E-state index contributed by atoms with van der Waals surface area (Å²) in [6.07, 6.45) is 3.31. The topological polar surface area (TPSA) is 107 Å². The van der Waals surface area contributed by atoms with Crippen LogP contribution in [0.1, 0.15) is 25.8 Å². The van der Waals surface area contributed by atoms with Crippen LogP contribution >= 0.6 is 0 Å². The first-order valence-electron chi connectivity index (χ1n) is 7.80. The maximum atomic E-state index is 11.2. The highest BCUT2D eigenvalue weighted by Gasteiger charge is 2.25. The second-order valence-electron chi connectivity index (χ2n) is 5.84. The van der Waals surface area contributed by atoms with E-state index in [1.54, 1.807) is 36.7 Å². The van der Waals surface area contributed by atoms with E-state index in [-0.39, 0.29) is 17.6 Å². The number of nitrogens with zero attached hydrogens (tertiary/aromatic N) is 4. The molecule has 0 spiro atoms. The first kappa shape index (κ1) is 16.6. The molecule has 0 saturated heterocycles. The summed E-state index contributed by atoms with van der Waals surface area (Å²) >= 11 is 0. The fourth-order valence-corrected chi connectivity index (χ4v) is 2.41. The van der Waals surface area contributed by atoms with Gasteiger partial charge in [-0.1, -0.05) is 31.1 Å². The highest BCUT2D eigenvalue weighted by atomic mass is 16.6. The van der Waals surface area contributed by atoms with Crippen LogP contribution in [0, 0.1) is 16.0 Å². The monoisotopic (exact) mass is 339 g/mol. The number of hydrogen-bond donors (Lipinski definition) is 1. The van der Waals surface area contributed by atoms with Crippen molar-refractivity contribution in [2.45, 2.75) is 19.9 Å². The van der Waals surface area contributed by atoms with Crippen LogP contribution in [0.15, 0.2) is 53.3 Å². The van der Waals surface area contributed by atoms with Crippen molar-refractivity contribution >= 4 is 11.4 Å². The van der Waals surface area contributed by atoms with E-state index >= 15 is 0 Å². The Hall–Kier alpha value is -3.29. The molecule has 0 radical (unpaired) electrons. The van der Waals surface area contributed by atoms with Gasteiger partial charge >= 0.3 is 0 Å². The van der Waals surface area contributed by atoms with Crippen molar-refractivity contribution in [2.75, 3.05) is 5.32 Å². The molecule has 0 amide bonds. The molecular weight excluding hydrogens is 322 g/mol. The van der Waals surface area contributed by atoms with Gasteiger partial charge in [0.15, 0.2) is 0 Å². The van der Waals surface area contributed by atoms with Crippen LogP contribution in [0.25, 0.3) is 11.4 Å². The maximum Gasteiger partial charge on any atom is 0.292 e. The summed E-state index contributed by atoms with van der Waals surface area (Å²) in [5, 5.41) is 18.4. The van der Waals surface area contributed by atoms with Gasteiger partial charge in [0.05, 0.1) is 4.92 Å². The van der Waals surface area contributed by atoms with Crippen molar-refractivity contribution in [3.05, 3.63) is 64.8 Å². The second kappa shape index (κ2) is 7.08. The number of pyridine rings is 1. The van der Waals surface area contributed by atoms with Gasteiger partial charge in [0.1, 0.15) is 11.7 Å². The van der Waals surface area contributed by atoms with Gasteiger partial charge < -0.3 is 9.84 Å². The molecule has 0 fully saturated rings. The number of nitro groups is 1. The Balaban J connectivity index is 1.91. The third kappa shape index (κ3) is 3.63. The molecule has 1 N–H and O–H groups in total. The van der Waals surface area contributed by atoms with Crippen molar-refractivity contribution in [3.63, 3.8) is 0 Å². The molecule has 1 atom stereocenters. The van der Waals surface area contributed by atoms with E-state index in [0.29, 0.717) is 17.4 Å². The lowest BCUT2D eigenvalue weighted by Gasteiger charge is -2.19. The van der Waals surface area contributed by atoms with E-state index < -0.39 is 4.92 Å². The van der Waals surface area contributed by atoms with E-state index in [4.69, 9.17) is 4.52 Å². The molecule has 25 heavy (non-hydrogen) atoms. The Morgan fingerprint density at radius 1 is 1.20 bits per heavy atom. The molecule has 1 aromatic carbocycles. The Bertz CT molecular complexity index is 863. The van der Waals surface area contributed by atoms with Gasteiger partial charge in [-0.3, -0.25) is 15.1 Å². The van der Waals surface area contributed by atoms with Gasteiger partial charge in [0, 0.05) is 24.0 Å². The van der Waals surface area contributed by atoms with Gasteiger partial charge in [-0.25, -0.2) is 0 Å². The summed E-state index contributed by atoms with van der Waals surface area (Å²) in [6.45, 7) is 3.95. The van der Waals surface area contributed by atoms with Gasteiger partial charge in [0.2, 0.25) is 11.7 Å². The summed E-state index contributed by atoms with van der Waals surface area (Å²) in [5.74, 6) is 0.868. The van der Waals surface area contributed by atoms with E-state index in [9.17, 15) is 10.1 Å². The number of nitrogens with one attached hydrogen (secondary N) is 1. The molecule has 3 rings (SSSR count). The lowest BCUT2D eigenvalue weighted by atomic mass is 10.0. The summed E-state index contributed by atoms with van der Waals surface area (Å²) in [5.41, 5.74) is 1.15. The molecule has 128 valence electrons. The molecule has 1 unspecified atom stereocenters. The zero-order valence-electron chi connectivity index (χ0n) is 13.8. The summed E-state index contributed by atoms with van der Waals surface area (Å²) in [6, 6.07) is 9.74. The second-order valence-corrected chi connectivity index (χ2v) is 5.84. The standard InChI is InChI=1S/C17H17N5O3/c1-11(2)15(19-13-7-3-4-8-14(13)22(23)24)17-20-16(21-25-17)12-6-5-9-18-10-12/h3-11,15,19H,1-2H3. The van der Waals surface area contributed by atoms with Crippen LogP contribution in [0.5, 0.6) is 0 Å². The molecule has 0 aliphatic heterocycles. The molecule has 0 aliphatic rings. The zero-order valence-corrected chi connectivity index (χ0v) is 13.8. The molecule has 3 aromatic rings. The first-order chi connectivity index (χ1) is 12.1. The quantitative estimate of drug-likeness (QED) is 0.537. The normalized spacial score (nSPS) is 12.1. The van der Waals surface area contributed by atoms with Crippen LogP contribution in [0.2, 0.25) is 0 Å². The number of nitro benzene ring substituents is 1. The number of aromatic nitrogens is 3. The van der Waals surface area contributed by atoms with Gasteiger partial charge in [-0.2, -0.15) is 4.98 Å². The molecule has 8 nitrogen and oxygen atoms in total. The predicted molar refractivity (Wildman–Crippen MR) is 91.8 cm³/mol. The van der Waals surface area contributed by atoms with Crippen LogP contribution < -0.4 is 5.32 Å². The summed E-state index contributed by atoms with van der Waals surface area (Å²) in [7, 11) is 0. The van der Waals surface area contributed by atoms with Crippen molar-refractivity contribution in [3.8, 4) is 11.4 Å². The largest absolute Gasteiger partial charge is 0.368 e. The van der Waals surface area contributed by atoms with E-state index in [2.05, 4.69) is 20.4 Å².